The average molecular weight is 1020 g/mol. The summed E-state index contributed by atoms with van der Waals surface area (Å²) in [5.74, 6) is -9.15. The number of carbonyl (C=O) groups excluding carboxylic acids is 9. The molecule has 25 heteroatoms. The maximum Gasteiger partial charge on any atom is 0.322 e. The number of carbonyl (C=O) groups is 10. The number of nitrogens with two attached hydrogens (primary N) is 2. The van der Waals surface area contributed by atoms with Gasteiger partial charge in [-0.2, -0.15) is 0 Å². The second-order valence-electron chi connectivity index (χ2n) is 18.9. The van der Waals surface area contributed by atoms with Crippen molar-refractivity contribution in [2.45, 2.75) is 160 Å². The highest BCUT2D eigenvalue weighted by molar-refractivity contribution is 5.98. The van der Waals surface area contributed by atoms with Gasteiger partial charge in [-0.25, -0.2) is 0 Å². The zero-order valence-corrected chi connectivity index (χ0v) is 42.2. The Kier molecular flexibility index (Phi) is 26.1. The Hall–Kier alpha value is -6.44. The van der Waals surface area contributed by atoms with Gasteiger partial charge in [0.2, 0.25) is 53.2 Å². The van der Waals surface area contributed by atoms with Gasteiger partial charge in [0.15, 0.2) is 0 Å². The van der Waals surface area contributed by atoms with Gasteiger partial charge in [0.25, 0.3) is 0 Å². The van der Waals surface area contributed by atoms with Crippen LogP contribution in [-0.2, 0) is 54.4 Å². The zero-order chi connectivity index (χ0) is 54.4. The van der Waals surface area contributed by atoms with E-state index in [0.29, 0.717) is 24.8 Å². The van der Waals surface area contributed by atoms with Crippen molar-refractivity contribution in [3.63, 3.8) is 0 Å². The third-order valence-electron chi connectivity index (χ3n) is 11.5. The number of carboxylic acids is 1. The van der Waals surface area contributed by atoms with Crippen molar-refractivity contribution in [3.8, 4) is 5.75 Å². The minimum absolute atomic E-state index is 0.00644. The minimum atomic E-state index is -1.76. The van der Waals surface area contributed by atoms with E-state index in [-0.39, 0.29) is 62.8 Å². The van der Waals surface area contributed by atoms with Crippen LogP contribution in [-0.4, -0.2) is 171 Å². The maximum absolute atomic E-state index is 14.1. The summed E-state index contributed by atoms with van der Waals surface area (Å²) in [5, 5.41) is 60.0. The highest BCUT2D eigenvalue weighted by Gasteiger charge is 2.39. The number of aromatic hydroxyl groups is 1. The molecule has 0 saturated carbocycles. The summed E-state index contributed by atoms with van der Waals surface area (Å²) >= 11 is 0. The van der Waals surface area contributed by atoms with Crippen molar-refractivity contribution in [3.05, 3.63) is 29.8 Å². The topological polar surface area (TPSA) is 403 Å². The number of aliphatic hydroxyl groups is 2. The van der Waals surface area contributed by atoms with E-state index in [0.717, 1.165) is 0 Å². The van der Waals surface area contributed by atoms with Gasteiger partial charge in [-0.1, -0.05) is 39.8 Å². The summed E-state index contributed by atoms with van der Waals surface area (Å²) in [4.78, 5) is 134. The summed E-state index contributed by atoms with van der Waals surface area (Å²) in [6, 6.07) is -6.20. The van der Waals surface area contributed by atoms with E-state index < -0.39 is 133 Å². The molecule has 1 fully saturated rings. The zero-order valence-electron chi connectivity index (χ0n) is 42.2. The number of likely N-dealkylation sites (tertiary alicyclic amines) is 1. The van der Waals surface area contributed by atoms with Gasteiger partial charge in [0.1, 0.15) is 60.6 Å². The molecular formula is C47H77N11O14. The summed E-state index contributed by atoms with van der Waals surface area (Å²) in [6.07, 6.45) is -0.230. The number of rotatable bonds is 30. The van der Waals surface area contributed by atoms with E-state index in [1.807, 2.05) is 0 Å². The highest BCUT2D eigenvalue weighted by atomic mass is 16.4. The molecule has 0 radical (unpaired) electrons. The molecule has 0 aliphatic carbocycles. The molecule has 72 heavy (non-hydrogen) atoms. The molecule has 1 aliphatic heterocycles. The molecule has 9 amide bonds. The monoisotopic (exact) mass is 1020 g/mol. The number of nitrogens with one attached hydrogen (secondary N) is 8. The lowest BCUT2D eigenvalue weighted by Gasteiger charge is -2.30. The lowest BCUT2D eigenvalue weighted by molar-refractivity contribution is -0.142. The molecule has 16 N–H and O–H groups in total. The standard InChI is InChI=1S/C47H77N11O14/c1-24(2)19-32(40(65)50-22-37(62)63)53-41(66)31(11-8-9-17-48)52-42(67)33(20-25(3)4)55-46(71)38(28(7)60)57-43(68)34(21-29-13-15-30(61)16-14-29)54-44(69)35(23-59)56-45(70)36-12-10-18-58(36)47(72)27(6)51-39(64)26(5)49/h13-16,24-28,31-36,38,59-61H,8-12,17-23,48-49H2,1-7H3,(H,50,65)(H,51,64)(H,52,67)(H,53,66)(H,54,69)(H,55,71)(H,56,70)(H,57,68)(H,62,63)/t26-,27-,28+,31-,32-,33-,34-,35-,36-,38-/m0/s1. The Bertz CT molecular complexity index is 2020. The van der Waals surface area contributed by atoms with Gasteiger partial charge >= 0.3 is 5.97 Å². The number of nitrogens with zero attached hydrogens (tertiary/aromatic N) is 1. The van der Waals surface area contributed by atoms with E-state index >= 15 is 0 Å². The van der Waals surface area contributed by atoms with E-state index in [2.05, 4.69) is 42.5 Å². The fraction of sp³-hybridized carbons (Fsp3) is 0.660. The SMILES string of the molecule is CC(C)C[C@H](NC(=O)[C@H](CCCCN)NC(=O)[C@H](CC(C)C)NC(=O)[C@@H](NC(=O)[C@H](Cc1ccc(O)cc1)NC(=O)[C@H](CO)NC(=O)[C@@H]1CCCN1C(=O)[C@H](C)NC(=O)[C@H](C)N)[C@@H](C)O)C(=O)NCC(=O)O. The van der Waals surface area contributed by atoms with Crippen LogP contribution in [0.5, 0.6) is 5.75 Å². The van der Waals surface area contributed by atoms with Gasteiger partial charge in [0, 0.05) is 13.0 Å². The molecule has 2 rings (SSSR count). The number of phenolic OH excluding ortho intramolecular Hbond substituents is 1. The molecule has 0 bridgehead atoms. The van der Waals surface area contributed by atoms with Crippen LogP contribution in [0.2, 0.25) is 0 Å². The number of aliphatic hydroxyl groups excluding tert-OH is 2. The van der Waals surface area contributed by atoms with Crippen molar-refractivity contribution < 1.29 is 68.4 Å². The third-order valence-corrected chi connectivity index (χ3v) is 11.5. The molecule has 25 nitrogen and oxygen atoms in total. The van der Waals surface area contributed by atoms with E-state index in [9.17, 15) is 63.3 Å². The van der Waals surface area contributed by atoms with Crippen LogP contribution in [0.25, 0.3) is 0 Å². The number of hydrogen-bond donors (Lipinski definition) is 14. The van der Waals surface area contributed by atoms with Gasteiger partial charge in [0.05, 0.1) is 18.8 Å². The smallest absolute Gasteiger partial charge is 0.322 e. The Labute approximate surface area is 419 Å². The molecule has 1 saturated heterocycles. The third kappa shape index (κ3) is 20.7. The Morgan fingerprint density at radius 1 is 0.667 bits per heavy atom. The number of carboxylic acid groups (broad SMARTS) is 1. The fourth-order valence-corrected chi connectivity index (χ4v) is 7.69. The number of aliphatic carboxylic acids is 1. The molecule has 0 unspecified atom stereocenters. The summed E-state index contributed by atoms with van der Waals surface area (Å²) in [7, 11) is 0. The second kappa shape index (κ2) is 30.4. The predicted molar refractivity (Wildman–Crippen MR) is 261 cm³/mol. The van der Waals surface area contributed by atoms with E-state index in [4.69, 9.17) is 16.6 Å². The minimum Gasteiger partial charge on any atom is -0.508 e. The largest absolute Gasteiger partial charge is 0.508 e. The normalized spacial score (nSPS) is 17.1. The summed E-state index contributed by atoms with van der Waals surface area (Å²) < 4.78 is 0. The lowest BCUT2D eigenvalue weighted by Crippen LogP contribution is -2.62. The molecular weight excluding hydrogens is 943 g/mol. The van der Waals surface area contributed by atoms with Crippen LogP contribution < -0.4 is 54.0 Å². The highest BCUT2D eigenvalue weighted by Crippen LogP contribution is 2.19. The molecule has 0 aromatic heterocycles. The quantitative estimate of drug-likeness (QED) is 0.0332. The molecule has 1 aliphatic rings. The Morgan fingerprint density at radius 3 is 1.74 bits per heavy atom. The summed E-state index contributed by atoms with van der Waals surface area (Å²) in [6.45, 7) is 9.95. The van der Waals surface area contributed by atoms with Crippen LogP contribution in [0.1, 0.15) is 99.0 Å². The first kappa shape index (κ1) is 61.7. The number of amides is 9. The number of benzene rings is 1. The van der Waals surface area contributed by atoms with Crippen LogP contribution in [0, 0.1) is 11.8 Å². The molecule has 404 valence electrons. The van der Waals surface area contributed by atoms with Crippen LogP contribution in [0.15, 0.2) is 24.3 Å². The van der Waals surface area contributed by atoms with E-state index in [1.165, 1.54) is 49.9 Å². The maximum atomic E-state index is 14.1. The van der Waals surface area contributed by atoms with Gasteiger partial charge in [-0.15, -0.1) is 0 Å². The van der Waals surface area contributed by atoms with Crippen molar-refractivity contribution in [1.29, 1.82) is 0 Å². The Morgan fingerprint density at radius 2 is 1.19 bits per heavy atom. The molecule has 1 aromatic carbocycles. The molecule has 1 aromatic rings. The van der Waals surface area contributed by atoms with Gasteiger partial charge in [-0.3, -0.25) is 47.9 Å². The first-order valence-electron chi connectivity index (χ1n) is 24.2. The van der Waals surface area contributed by atoms with Crippen LogP contribution >= 0.6 is 0 Å². The molecule has 10 atom stereocenters. The van der Waals surface area contributed by atoms with Crippen molar-refractivity contribution >= 4 is 59.1 Å². The molecule has 1 heterocycles. The van der Waals surface area contributed by atoms with Crippen molar-refractivity contribution in [2.75, 3.05) is 26.2 Å². The average Bonchev–Trinajstić information content (AvgIpc) is 3.80. The number of hydrogen-bond acceptors (Lipinski definition) is 15. The van der Waals surface area contributed by atoms with Crippen LogP contribution in [0.3, 0.4) is 0 Å². The predicted octanol–water partition coefficient (Wildman–Crippen LogP) is -3.52. The van der Waals surface area contributed by atoms with Crippen molar-refractivity contribution in [1.82, 2.24) is 47.4 Å². The van der Waals surface area contributed by atoms with E-state index in [1.54, 1.807) is 27.7 Å². The van der Waals surface area contributed by atoms with Crippen molar-refractivity contribution in [2.24, 2.45) is 23.3 Å². The second-order valence-corrected chi connectivity index (χ2v) is 18.9. The van der Waals surface area contributed by atoms with Gasteiger partial charge < -0.3 is 79.3 Å². The number of unbranched alkanes of at least 4 members (excludes halogenated alkanes) is 1. The first-order chi connectivity index (χ1) is 33.8. The number of phenols is 1. The molecule has 0 spiro atoms. The van der Waals surface area contributed by atoms with Crippen LogP contribution in [0.4, 0.5) is 0 Å². The van der Waals surface area contributed by atoms with Gasteiger partial charge in [-0.05, 0) is 102 Å². The Balaban J connectivity index is 2.37. The summed E-state index contributed by atoms with van der Waals surface area (Å²) in [5.41, 5.74) is 11.7. The first-order valence-corrected chi connectivity index (χ1v) is 24.2. The lowest BCUT2D eigenvalue weighted by atomic mass is 10.00. The fourth-order valence-electron chi connectivity index (χ4n) is 7.69.